The minimum atomic E-state index is -4.98. The Labute approximate surface area is 212 Å². The van der Waals surface area contributed by atoms with Crippen LogP contribution in [0.5, 0.6) is 11.8 Å². The largest absolute Gasteiger partial charge is 0.424 e. The third-order valence-electron chi connectivity index (χ3n) is 3.32. The molecule has 0 fully saturated rings. The molecule has 0 saturated heterocycles. The fraction of sp³-hybridized carbons (Fsp3) is 0.333. The zero-order valence-electron chi connectivity index (χ0n) is 16.2. The Bertz CT molecular complexity index is 1160. The molecule has 20 heteroatoms. The summed E-state index contributed by atoms with van der Waals surface area (Å²) >= 11 is 8.41. The minimum absolute atomic E-state index is 0.0479. The molecule has 2 heterocycles. The van der Waals surface area contributed by atoms with E-state index < -0.39 is 54.8 Å². The van der Waals surface area contributed by atoms with Crippen molar-refractivity contribution in [3.05, 3.63) is 43.8 Å². The standard InChI is InChI=1S/C11H5BrF7N3O.C4H2Br2F3N3/c12-8-20-9(22(21-8)4-10(14,15)16)23-5-1-2-7(13)6(3-5)11(17,18)19;5-2-10-3(6)12(11-2)1-4(7,8)9/h1-3H,4H2;1H2. The van der Waals surface area contributed by atoms with Crippen molar-refractivity contribution in [3.63, 3.8) is 0 Å². The summed E-state index contributed by atoms with van der Waals surface area (Å²) in [6.45, 7) is -2.71. The number of rotatable bonds is 4. The Hall–Kier alpha value is -1.96. The van der Waals surface area contributed by atoms with Crippen LogP contribution in [0.3, 0.4) is 0 Å². The number of alkyl halides is 9. The van der Waals surface area contributed by atoms with Crippen LogP contribution in [0.1, 0.15) is 5.56 Å². The Kier molecular flexibility index (Phi) is 9.18. The van der Waals surface area contributed by atoms with Gasteiger partial charge in [-0.05, 0) is 66.0 Å². The van der Waals surface area contributed by atoms with Gasteiger partial charge in [0.25, 0.3) is 0 Å². The number of benzene rings is 1. The molecule has 0 saturated carbocycles. The summed E-state index contributed by atoms with van der Waals surface area (Å²) in [5.74, 6) is -2.08. The van der Waals surface area contributed by atoms with Gasteiger partial charge in [0.1, 0.15) is 24.7 Å². The van der Waals surface area contributed by atoms with Crippen molar-refractivity contribution >= 4 is 47.8 Å². The van der Waals surface area contributed by atoms with E-state index in [4.69, 9.17) is 4.74 Å². The van der Waals surface area contributed by atoms with Crippen molar-refractivity contribution in [2.45, 2.75) is 31.6 Å². The molecule has 0 aliphatic heterocycles. The van der Waals surface area contributed by atoms with Crippen molar-refractivity contribution in [3.8, 4) is 11.8 Å². The first kappa shape index (κ1) is 29.3. The molecule has 0 bridgehead atoms. The Balaban J connectivity index is 0.000000303. The zero-order chi connectivity index (χ0) is 26.8. The average Bonchev–Trinajstić information content (AvgIpc) is 3.13. The van der Waals surface area contributed by atoms with Crippen molar-refractivity contribution in [2.24, 2.45) is 0 Å². The number of halogens is 13. The summed E-state index contributed by atoms with van der Waals surface area (Å²) in [5, 5.41) is 6.81. The van der Waals surface area contributed by atoms with E-state index in [1.165, 1.54) is 0 Å². The van der Waals surface area contributed by atoms with Gasteiger partial charge >= 0.3 is 24.5 Å². The van der Waals surface area contributed by atoms with Gasteiger partial charge in [0, 0.05) is 0 Å². The molecular weight excluding hydrogens is 710 g/mol. The molecule has 2 aromatic heterocycles. The highest BCUT2D eigenvalue weighted by molar-refractivity contribution is 9.11. The highest BCUT2D eigenvalue weighted by Crippen LogP contribution is 2.35. The summed E-state index contributed by atoms with van der Waals surface area (Å²) in [6.07, 6.45) is -13.9. The van der Waals surface area contributed by atoms with Gasteiger partial charge in [-0.25, -0.2) is 13.8 Å². The van der Waals surface area contributed by atoms with E-state index in [1.54, 1.807) is 0 Å². The van der Waals surface area contributed by atoms with Crippen molar-refractivity contribution in [1.82, 2.24) is 29.5 Å². The van der Waals surface area contributed by atoms with Crippen LogP contribution in [0.2, 0.25) is 0 Å². The number of nitrogens with zero attached hydrogens (tertiary/aromatic N) is 6. The second kappa shape index (κ2) is 11.0. The second-order valence-electron chi connectivity index (χ2n) is 6.10. The molecule has 3 aromatic rings. The van der Waals surface area contributed by atoms with Crippen molar-refractivity contribution < 1.29 is 48.6 Å². The highest BCUT2D eigenvalue weighted by Gasteiger charge is 2.35. The van der Waals surface area contributed by atoms with Crippen LogP contribution in [0.4, 0.5) is 43.9 Å². The summed E-state index contributed by atoms with van der Waals surface area (Å²) in [6, 6.07) is 0.924. The molecule has 0 spiro atoms. The van der Waals surface area contributed by atoms with E-state index in [1.807, 2.05) is 0 Å². The third kappa shape index (κ3) is 9.54. The number of hydrogen-bond acceptors (Lipinski definition) is 5. The number of ether oxygens (including phenoxy) is 1. The Morgan fingerprint density at radius 1 is 0.771 bits per heavy atom. The van der Waals surface area contributed by atoms with Crippen LogP contribution >= 0.6 is 47.8 Å². The van der Waals surface area contributed by atoms with Gasteiger partial charge < -0.3 is 4.74 Å². The van der Waals surface area contributed by atoms with Gasteiger partial charge in [0.2, 0.25) is 9.47 Å². The van der Waals surface area contributed by atoms with Gasteiger partial charge in [-0.1, -0.05) is 0 Å². The second-order valence-corrected chi connectivity index (χ2v) is 8.23. The lowest BCUT2D eigenvalue weighted by atomic mass is 10.2. The van der Waals surface area contributed by atoms with Crippen molar-refractivity contribution in [2.75, 3.05) is 0 Å². The van der Waals surface area contributed by atoms with E-state index in [9.17, 15) is 43.9 Å². The first-order valence-corrected chi connectivity index (χ1v) is 10.8. The predicted octanol–water partition coefficient (Wildman–Crippen LogP) is 6.92. The number of aromatic nitrogens is 6. The molecule has 0 atom stereocenters. The SMILES string of the molecule is FC(F)(F)Cn1nc(Br)nc1Br.Fc1ccc(Oc2nc(Br)nn2CC(F)(F)F)cc1C(F)(F)F. The van der Waals surface area contributed by atoms with Gasteiger partial charge in [-0.15, -0.1) is 10.2 Å². The Morgan fingerprint density at radius 2 is 1.29 bits per heavy atom. The molecule has 0 aliphatic carbocycles. The molecule has 3 rings (SSSR count). The van der Waals surface area contributed by atoms with Crippen LogP contribution in [0.25, 0.3) is 0 Å². The molecule has 194 valence electrons. The molecule has 0 amide bonds. The van der Waals surface area contributed by atoms with Crippen LogP contribution in [0.15, 0.2) is 32.4 Å². The molecule has 0 aliphatic rings. The van der Waals surface area contributed by atoms with Crippen LogP contribution in [0, 0.1) is 5.82 Å². The fourth-order valence-electron chi connectivity index (χ4n) is 2.11. The van der Waals surface area contributed by atoms with E-state index in [2.05, 4.69) is 68.0 Å². The quantitative estimate of drug-likeness (QED) is 0.275. The normalized spacial score (nSPS) is 12.4. The molecule has 0 unspecified atom stereocenters. The van der Waals surface area contributed by atoms with Gasteiger partial charge in [0.15, 0.2) is 4.73 Å². The highest BCUT2D eigenvalue weighted by atomic mass is 79.9. The first-order valence-electron chi connectivity index (χ1n) is 8.38. The van der Waals surface area contributed by atoms with E-state index in [0.29, 0.717) is 21.5 Å². The summed E-state index contributed by atoms with van der Waals surface area (Å²) in [5.41, 5.74) is -1.61. The summed E-state index contributed by atoms with van der Waals surface area (Å²) < 4.78 is 129. The van der Waals surface area contributed by atoms with E-state index >= 15 is 0 Å². The fourth-order valence-corrected chi connectivity index (χ4v) is 3.42. The monoisotopic (exact) mass is 714 g/mol. The molecule has 35 heavy (non-hydrogen) atoms. The maximum atomic E-state index is 13.1. The molecule has 0 N–H and O–H groups in total. The van der Waals surface area contributed by atoms with E-state index in [0.717, 1.165) is 6.07 Å². The number of hydrogen-bond donors (Lipinski definition) is 0. The van der Waals surface area contributed by atoms with Crippen LogP contribution < -0.4 is 4.74 Å². The molecular formula is C15H7Br3F10N6O. The minimum Gasteiger partial charge on any atom is -0.424 e. The molecule has 7 nitrogen and oxygen atoms in total. The maximum Gasteiger partial charge on any atom is 0.419 e. The smallest absolute Gasteiger partial charge is 0.419 e. The lowest BCUT2D eigenvalue weighted by Crippen LogP contribution is -2.19. The molecule has 0 radical (unpaired) electrons. The topological polar surface area (TPSA) is 70.7 Å². The summed E-state index contributed by atoms with van der Waals surface area (Å²) in [7, 11) is 0. The van der Waals surface area contributed by atoms with E-state index in [-0.39, 0.29) is 14.2 Å². The molecule has 1 aromatic carbocycles. The van der Waals surface area contributed by atoms with Crippen LogP contribution in [-0.4, -0.2) is 41.9 Å². The van der Waals surface area contributed by atoms with Crippen molar-refractivity contribution in [1.29, 1.82) is 0 Å². The summed E-state index contributed by atoms with van der Waals surface area (Å²) in [4.78, 5) is 7.06. The zero-order valence-corrected chi connectivity index (χ0v) is 20.9. The lowest BCUT2D eigenvalue weighted by molar-refractivity contribution is -0.144. The predicted molar refractivity (Wildman–Crippen MR) is 107 cm³/mol. The van der Waals surface area contributed by atoms with Gasteiger partial charge in [-0.2, -0.15) is 49.5 Å². The lowest BCUT2D eigenvalue weighted by Gasteiger charge is -2.12. The third-order valence-corrected chi connectivity index (χ3v) is 4.58. The maximum absolute atomic E-state index is 13.1. The Morgan fingerprint density at radius 3 is 1.77 bits per heavy atom. The van der Waals surface area contributed by atoms with Crippen LogP contribution in [-0.2, 0) is 19.3 Å². The first-order chi connectivity index (χ1) is 15.8. The average molecular weight is 717 g/mol. The van der Waals surface area contributed by atoms with Gasteiger partial charge in [0.05, 0.1) is 5.56 Å². The van der Waals surface area contributed by atoms with Gasteiger partial charge in [-0.3, -0.25) is 0 Å².